The lowest BCUT2D eigenvalue weighted by atomic mass is 9.97. The summed E-state index contributed by atoms with van der Waals surface area (Å²) in [5, 5.41) is 8.98. The average Bonchev–Trinajstić information content (AvgIpc) is 3.30. The fourth-order valence-corrected chi connectivity index (χ4v) is 6.98. The first kappa shape index (κ1) is 44.2. The molecule has 12 nitrogen and oxygen atoms in total. The van der Waals surface area contributed by atoms with E-state index in [4.69, 9.17) is 11.6 Å². The fourth-order valence-electron chi connectivity index (χ4n) is 6.39. The van der Waals surface area contributed by atoms with Gasteiger partial charge in [-0.3, -0.25) is 43.7 Å². The molecule has 3 N–H and O–H groups in total. The van der Waals surface area contributed by atoms with Crippen LogP contribution in [-0.2, 0) is 6.18 Å². The number of anilines is 3. The molecule has 17 heteroatoms. The first-order valence-electron chi connectivity index (χ1n) is 18.9. The lowest BCUT2D eigenvalue weighted by molar-refractivity contribution is -0.136. The SMILES string of the molecule is CSc1cccc(NC2=CC(=O)c3ncccc3C2=O)c1.O=C1C(Nc2ccc(Cl)cc2)=CC(=O)c2ncccc21.O=C1C(Nc2ccccc2C(F)(F)F)=CC(=O)c2ncccc21. The van der Waals surface area contributed by atoms with Crippen LogP contribution in [0.2, 0.25) is 5.02 Å². The Morgan fingerprint density at radius 3 is 1.44 bits per heavy atom. The average molecular weight is 899 g/mol. The van der Waals surface area contributed by atoms with Gasteiger partial charge in [-0.15, -0.1) is 11.8 Å². The molecule has 3 aromatic carbocycles. The zero-order chi connectivity index (χ0) is 45.5. The van der Waals surface area contributed by atoms with E-state index in [2.05, 4.69) is 30.9 Å². The van der Waals surface area contributed by atoms with Crippen LogP contribution in [0, 0.1) is 0 Å². The Balaban J connectivity index is 0.000000144. The van der Waals surface area contributed by atoms with Crippen LogP contribution in [0.25, 0.3) is 0 Å². The molecule has 3 heterocycles. The van der Waals surface area contributed by atoms with Gasteiger partial charge in [0.05, 0.1) is 45.0 Å². The minimum atomic E-state index is -4.58. The Hall–Kier alpha value is -7.82. The van der Waals surface area contributed by atoms with Gasteiger partial charge in [0.2, 0.25) is 34.7 Å². The quantitative estimate of drug-likeness (QED) is 0.129. The third kappa shape index (κ3) is 9.94. The number of nitrogens with zero attached hydrogens (tertiary/aromatic N) is 3. The zero-order valence-corrected chi connectivity index (χ0v) is 34.6. The number of aromatic nitrogens is 3. The lowest BCUT2D eigenvalue weighted by Crippen LogP contribution is -2.23. The smallest absolute Gasteiger partial charge is 0.352 e. The number of carbonyl (C=O) groups is 6. The topological polar surface area (TPSA) is 177 Å². The molecule has 0 aliphatic heterocycles. The molecule has 0 atom stereocenters. The maximum atomic E-state index is 13.0. The van der Waals surface area contributed by atoms with Gasteiger partial charge in [-0.25, -0.2) is 0 Å². The number of thioether (sulfide) groups is 1. The molecule has 318 valence electrons. The van der Waals surface area contributed by atoms with E-state index in [1.807, 2.05) is 30.5 Å². The van der Waals surface area contributed by atoms with Crippen LogP contribution >= 0.6 is 23.4 Å². The van der Waals surface area contributed by atoms with E-state index >= 15 is 0 Å². The van der Waals surface area contributed by atoms with Crippen molar-refractivity contribution < 1.29 is 41.9 Å². The third-order valence-corrected chi connectivity index (χ3v) is 10.4. The largest absolute Gasteiger partial charge is 0.418 e. The third-order valence-electron chi connectivity index (χ3n) is 9.39. The number of ketones is 6. The monoisotopic (exact) mass is 898 g/mol. The van der Waals surface area contributed by atoms with Crippen LogP contribution in [0.1, 0.15) is 68.1 Å². The number of fused-ring (bicyclic) bond motifs is 3. The Labute approximate surface area is 371 Å². The van der Waals surface area contributed by atoms with Crippen molar-refractivity contribution in [2.75, 3.05) is 22.2 Å². The van der Waals surface area contributed by atoms with Crippen LogP contribution < -0.4 is 16.0 Å². The molecule has 3 aliphatic rings. The zero-order valence-electron chi connectivity index (χ0n) is 33.1. The van der Waals surface area contributed by atoms with E-state index in [1.165, 1.54) is 61.1 Å². The molecule has 0 saturated carbocycles. The molecule has 0 fully saturated rings. The number of allylic oxidation sites excluding steroid dienone is 6. The summed E-state index contributed by atoms with van der Waals surface area (Å²) in [6.45, 7) is 0. The summed E-state index contributed by atoms with van der Waals surface area (Å²) >= 11 is 7.42. The van der Waals surface area contributed by atoms with Gasteiger partial charge in [-0.1, -0.05) is 29.8 Å². The van der Waals surface area contributed by atoms with E-state index in [1.54, 1.807) is 60.3 Å². The highest BCUT2D eigenvalue weighted by Crippen LogP contribution is 2.36. The minimum absolute atomic E-state index is 0.00726. The molecule has 3 aromatic heterocycles. The number of rotatable bonds is 7. The lowest BCUT2D eigenvalue weighted by Gasteiger charge is -2.18. The summed E-state index contributed by atoms with van der Waals surface area (Å²) in [6.07, 6.45) is 5.32. The second kappa shape index (κ2) is 19.1. The van der Waals surface area contributed by atoms with E-state index in [-0.39, 0.29) is 68.6 Å². The Bertz CT molecular complexity index is 2990. The van der Waals surface area contributed by atoms with Gasteiger partial charge in [-0.05, 0) is 97.3 Å². The summed E-state index contributed by atoms with van der Waals surface area (Å²) in [5.41, 5.74) is 1.67. The molecule has 0 saturated heterocycles. The summed E-state index contributed by atoms with van der Waals surface area (Å²) in [4.78, 5) is 85.7. The number of pyridine rings is 3. The van der Waals surface area contributed by atoms with Crippen molar-refractivity contribution in [1.82, 2.24) is 15.0 Å². The first-order chi connectivity index (χ1) is 30.7. The molecular formula is C47H30ClF3N6O6S. The number of benzene rings is 3. The second-order valence-corrected chi connectivity index (χ2v) is 14.9. The fraction of sp³-hybridized carbons (Fsp3) is 0.0426. The number of nitrogens with one attached hydrogen (secondary N) is 3. The van der Waals surface area contributed by atoms with Gasteiger partial charge in [0, 0.05) is 58.1 Å². The van der Waals surface area contributed by atoms with E-state index < -0.39 is 23.3 Å². The normalized spacial score (nSPS) is 13.9. The number of Topliss-reactive ketones (excluding diaryl/α,β-unsaturated/α-hetero) is 3. The summed E-state index contributed by atoms with van der Waals surface area (Å²) in [7, 11) is 0. The summed E-state index contributed by atoms with van der Waals surface area (Å²) < 4.78 is 39.0. The van der Waals surface area contributed by atoms with E-state index in [0.29, 0.717) is 21.8 Å². The predicted octanol–water partition coefficient (Wildman–Crippen LogP) is 9.76. The van der Waals surface area contributed by atoms with Crippen LogP contribution in [0.3, 0.4) is 0 Å². The van der Waals surface area contributed by atoms with Crippen LogP contribution in [0.4, 0.5) is 30.2 Å². The van der Waals surface area contributed by atoms with Crippen molar-refractivity contribution in [3.8, 4) is 0 Å². The van der Waals surface area contributed by atoms with Crippen molar-refractivity contribution in [2.24, 2.45) is 0 Å². The molecule has 0 radical (unpaired) electrons. The molecule has 6 aromatic rings. The van der Waals surface area contributed by atoms with Crippen molar-refractivity contribution in [3.63, 3.8) is 0 Å². The molecule has 64 heavy (non-hydrogen) atoms. The van der Waals surface area contributed by atoms with Crippen molar-refractivity contribution in [3.05, 3.63) is 207 Å². The van der Waals surface area contributed by atoms with Crippen LogP contribution in [0.5, 0.6) is 0 Å². The van der Waals surface area contributed by atoms with Crippen LogP contribution in [0.15, 0.2) is 168 Å². The number of hydrogen-bond acceptors (Lipinski definition) is 13. The maximum absolute atomic E-state index is 13.0. The highest BCUT2D eigenvalue weighted by molar-refractivity contribution is 7.98. The number of hydrogen-bond donors (Lipinski definition) is 3. The highest BCUT2D eigenvalue weighted by atomic mass is 35.5. The Morgan fingerprint density at radius 2 is 0.969 bits per heavy atom. The standard InChI is InChI=1S/C16H9F3N2O2.C16H12N2O2S.C15H9ClN2O2/c17-16(18,19)10-5-1-2-6-11(10)21-12-8-13(22)14-9(15(12)23)4-3-7-20-14;1-21-11-5-2-4-10(8-11)18-13-9-14(19)15-12(16(13)20)6-3-7-17-15;16-9-3-5-10(6-4-9)18-12-8-13(19)14-11(15(12)20)2-1-7-17-14/h1-8,21H;2-9,18H,1H3;1-8,18H. The molecule has 0 amide bonds. The van der Waals surface area contributed by atoms with Gasteiger partial charge >= 0.3 is 6.18 Å². The van der Waals surface area contributed by atoms with Gasteiger partial charge in [0.15, 0.2) is 0 Å². The summed E-state index contributed by atoms with van der Waals surface area (Å²) in [5.74, 6) is -2.11. The molecule has 9 rings (SSSR count). The number of halogens is 4. The van der Waals surface area contributed by atoms with Gasteiger partial charge in [0.1, 0.15) is 17.1 Å². The van der Waals surface area contributed by atoms with E-state index in [0.717, 1.165) is 22.7 Å². The van der Waals surface area contributed by atoms with Crippen LogP contribution in [-0.4, -0.2) is 55.9 Å². The minimum Gasteiger partial charge on any atom is -0.352 e. The molecule has 0 bridgehead atoms. The molecule has 3 aliphatic carbocycles. The molecule has 0 spiro atoms. The number of carbonyl (C=O) groups excluding carboxylic acids is 6. The molecule has 0 unspecified atom stereocenters. The first-order valence-corrected chi connectivity index (χ1v) is 20.5. The molecular weight excluding hydrogens is 869 g/mol. The van der Waals surface area contributed by atoms with Crippen molar-refractivity contribution >= 4 is 75.1 Å². The van der Waals surface area contributed by atoms with Gasteiger partial charge in [0.25, 0.3) is 0 Å². The Kier molecular flexibility index (Phi) is 13.2. The van der Waals surface area contributed by atoms with Gasteiger partial charge in [-0.2, -0.15) is 13.2 Å². The van der Waals surface area contributed by atoms with E-state index in [9.17, 15) is 41.9 Å². The van der Waals surface area contributed by atoms with Crippen molar-refractivity contribution in [1.29, 1.82) is 0 Å². The number of alkyl halides is 3. The highest BCUT2D eigenvalue weighted by Gasteiger charge is 2.35. The predicted molar refractivity (Wildman–Crippen MR) is 235 cm³/mol. The number of para-hydroxylation sites is 1. The summed E-state index contributed by atoms with van der Waals surface area (Å²) in [6, 6.07) is 28.7. The Morgan fingerprint density at radius 1 is 0.516 bits per heavy atom. The van der Waals surface area contributed by atoms with Gasteiger partial charge < -0.3 is 16.0 Å². The second-order valence-electron chi connectivity index (χ2n) is 13.6. The van der Waals surface area contributed by atoms with Crippen molar-refractivity contribution in [2.45, 2.75) is 11.1 Å². The maximum Gasteiger partial charge on any atom is 0.418 e.